The number of aliphatic imine (C=N–C) groups is 1. The van der Waals surface area contributed by atoms with E-state index in [2.05, 4.69) is 10.3 Å². The van der Waals surface area contributed by atoms with Crippen molar-refractivity contribution in [1.29, 1.82) is 0 Å². The molecule has 0 radical (unpaired) electrons. The van der Waals surface area contributed by atoms with Crippen LogP contribution >= 0.6 is 0 Å². The molecule has 2 heterocycles. The van der Waals surface area contributed by atoms with Crippen LogP contribution in [-0.2, 0) is 4.74 Å². The summed E-state index contributed by atoms with van der Waals surface area (Å²) in [5.74, 6) is -0.694. The molecule has 0 amide bonds. The maximum absolute atomic E-state index is 13.7. The average Bonchev–Trinajstić information content (AvgIpc) is 2.93. The Morgan fingerprint density at radius 2 is 2.39 bits per heavy atom. The summed E-state index contributed by atoms with van der Waals surface area (Å²) in [6.45, 7) is 1.49. The Kier molecular flexibility index (Phi) is 2.59. The normalized spacial score (nSPS) is 25.6. The minimum absolute atomic E-state index is 0.0574. The molecular weight excluding hydrogens is 239 g/mol. The van der Waals surface area contributed by atoms with Crippen molar-refractivity contribution >= 4 is 5.84 Å². The first-order valence-corrected chi connectivity index (χ1v) is 5.69. The van der Waals surface area contributed by atoms with Crippen molar-refractivity contribution in [1.82, 2.24) is 5.32 Å². The monoisotopic (exact) mass is 252 g/mol. The molecular formula is C12H13FN2O3. The van der Waals surface area contributed by atoms with Gasteiger partial charge in [0.05, 0.1) is 6.54 Å². The molecule has 1 atom stereocenters. The van der Waals surface area contributed by atoms with Crippen LogP contribution in [-0.4, -0.2) is 38.4 Å². The molecule has 1 aromatic carbocycles. The zero-order valence-electron chi connectivity index (χ0n) is 9.90. The molecule has 5 nitrogen and oxygen atoms in total. The highest BCUT2D eigenvalue weighted by molar-refractivity contribution is 5.91. The standard InChI is InChI=1S/C12H13FN2O3/c1-16-12(11-14-5-6-15-11)7-17-9-4-2-3-8(13)10(9)18-12/h2-4H,5-7H2,1H3,(H,14,15). The zero-order valence-corrected chi connectivity index (χ0v) is 9.90. The number of methoxy groups -OCH3 is 1. The second-order valence-electron chi connectivity index (χ2n) is 4.07. The van der Waals surface area contributed by atoms with E-state index in [1.807, 2.05) is 0 Å². The van der Waals surface area contributed by atoms with E-state index in [0.29, 0.717) is 24.7 Å². The van der Waals surface area contributed by atoms with Gasteiger partial charge in [0.25, 0.3) is 0 Å². The van der Waals surface area contributed by atoms with Crippen LogP contribution in [0, 0.1) is 5.82 Å². The third-order valence-electron chi connectivity index (χ3n) is 2.98. The summed E-state index contributed by atoms with van der Waals surface area (Å²) in [7, 11) is 1.48. The van der Waals surface area contributed by atoms with Crippen LogP contribution in [0.25, 0.3) is 0 Å². The Bertz CT molecular complexity index is 506. The summed E-state index contributed by atoms with van der Waals surface area (Å²) >= 11 is 0. The van der Waals surface area contributed by atoms with Crippen LogP contribution in [0.15, 0.2) is 23.2 Å². The maximum Gasteiger partial charge on any atom is 0.304 e. The van der Waals surface area contributed by atoms with Crippen molar-refractivity contribution in [2.24, 2.45) is 4.99 Å². The van der Waals surface area contributed by atoms with Gasteiger partial charge in [-0.2, -0.15) is 0 Å². The molecule has 96 valence electrons. The first-order valence-electron chi connectivity index (χ1n) is 5.69. The SMILES string of the molecule is COC1(C2=NCCN2)COc2cccc(F)c2O1. The summed E-state index contributed by atoms with van der Waals surface area (Å²) in [5.41, 5.74) is 0. The molecule has 2 aliphatic heterocycles. The van der Waals surface area contributed by atoms with Gasteiger partial charge >= 0.3 is 5.79 Å². The number of nitrogens with zero attached hydrogens (tertiary/aromatic N) is 1. The quantitative estimate of drug-likeness (QED) is 0.851. The number of hydrogen-bond acceptors (Lipinski definition) is 5. The van der Waals surface area contributed by atoms with Crippen molar-refractivity contribution in [3.8, 4) is 11.5 Å². The van der Waals surface area contributed by atoms with Gasteiger partial charge in [0.1, 0.15) is 0 Å². The topological polar surface area (TPSA) is 52.1 Å². The molecule has 1 N–H and O–H groups in total. The van der Waals surface area contributed by atoms with E-state index in [1.54, 1.807) is 12.1 Å². The first-order chi connectivity index (χ1) is 8.75. The van der Waals surface area contributed by atoms with E-state index >= 15 is 0 Å². The molecule has 6 heteroatoms. The van der Waals surface area contributed by atoms with Gasteiger partial charge in [0.2, 0.25) is 5.75 Å². The second-order valence-corrected chi connectivity index (χ2v) is 4.07. The van der Waals surface area contributed by atoms with Crippen LogP contribution in [0.1, 0.15) is 0 Å². The van der Waals surface area contributed by atoms with E-state index in [0.717, 1.165) is 0 Å². The van der Waals surface area contributed by atoms with E-state index in [-0.39, 0.29) is 12.4 Å². The zero-order chi connectivity index (χ0) is 12.6. The lowest BCUT2D eigenvalue weighted by molar-refractivity contribution is -0.147. The molecule has 1 aromatic rings. The highest BCUT2D eigenvalue weighted by Crippen LogP contribution is 2.38. The fraction of sp³-hybridized carbons (Fsp3) is 0.417. The number of fused-ring (bicyclic) bond motifs is 1. The van der Waals surface area contributed by atoms with E-state index in [9.17, 15) is 4.39 Å². The van der Waals surface area contributed by atoms with Crippen molar-refractivity contribution in [3.05, 3.63) is 24.0 Å². The largest absolute Gasteiger partial charge is 0.482 e. The van der Waals surface area contributed by atoms with Crippen molar-refractivity contribution in [2.75, 3.05) is 26.8 Å². The van der Waals surface area contributed by atoms with Gasteiger partial charge in [-0.05, 0) is 12.1 Å². The van der Waals surface area contributed by atoms with Gasteiger partial charge < -0.3 is 19.5 Å². The number of hydrogen-bond donors (Lipinski definition) is 1. The number of para-hydroxylation sites is 1. The highest BCUT2D eigenvalue weighted by Gasteiger charge is 2.45. The summed E-state index contributed by atoms with van der Waals surface area (Å²) in [6.07, 6.45) is 0. The molecule has 2 aliphatic rings. The smallest absolute Gasteiger partial charge is 0.304 e. The molecule has 0 aliphatic carbocycles. The lowest BCUT2D eigenvalue weighted by atomic mass is 10.2. The van der Waals surface area contributed by atoms with Crippen LogP contribution < -0.4 is 14.8 Å². The molecule has 0 spiro atoms. The molecule has 18 heavy (non-hydrogen) atoms. The number of nitrogens with one attached hydrogen (secondary N) is 1. The van der Waals surface area contributed by atoms with Crippen LogP contribution in [0.4, 0.5) is 4.39 Å². The van der Waals surface area contributed by atoms with Gasteiger partial charge in [-0.25, -0.2) is 4.39 Å². The molecule has 0 bridgehead atoms. The lowest BCUT2D eigenvalue weighted by Crippen LogP contribution is -2.57. The van der Waals surface area contributed by atoms with E-state index in [1.165, 1.54) is 13.2 Å². The molecule has 0 saturated carbocycles. The van der Waals surface area contributed by atoms with Crippen molar-refractivity contribution < 1.29 is 18.6 Å². The van der Waals surface area contributed by atoms with Gasteiger partial charge in [-0.15, -0.1) is 0 Å². The van der Waals surface area contributed by atoms with Crippen LogP contribution in [0.2, 0.25) is 0 Å². The average molecular weight is 252 g/mol. The molecule has 0 aromatic heterocycles. The fourth-order valence-electron chi connectivity index (χ4n) is 2.04. The Morgan fingerprint density at radius 3 is 3.11 bits per heavy atom. The minimum atomic E-state index is -1.19. The Hall–Kier alpha value is -1.82. The third-order valence-corrected chi connectivity index (χ3v) is 2.98. The maximum atomic E-state index is 13.7. The van der Waals surface area contributed by atoms with Crippen LogP contribution in [0.3, 0.4) is 0 Å². The third kappa shape index (κ3) is 1.60. The number of halogens is 1. The Morgan fingerprint density at radius 1 is 1.50 bits per heavy atom. The predicted molar refractivity (Wildman–Crippen MR) is 62.6 cm³/mol. The number of amidine groups is 1. The Balaban J connectivity index is 1.99. The number of ether oxygens (including phenoxy) is 3. The Labute approximate surface area is 104 Å². The van der Waals surface area contributed by atoms with E-state index < -0.39 is 11.6 Å². The predicted octanol–water partition coefficient (Wildman–Crippen LogP) is 0.941. The molecule has 0 saturated heterocycles. The van der Waals surface area contributed by atoms with Crippen molar-refractivity contribution in [2.45, 2.75) is 5.79 Å². The molecule has 3 rings (SSSR count). The van der Waals surface area contributed by atoms with Gasteiger partial charge in [-0.1, -0.05) is 6.07 Å². The minimum Gasteiger partial charge on any atom is -0.482 e. The van der Waals surface area contributed by atoms with Crippen LogP contribution in [0.5, 0.6) is 11.5 Å². The highest BCUT2D eigenvalue weighted by atomic mass is 19.1. The molecule has 1 unspecified atom stereocenters. The second kappa shape index (κ2) is 4.13. The number of benzene rings is 1. The van der Waals surface area contributed by atoms with Gasteiger partial charge in [0.15, 0.2) is 24.0 Å². The summed E-state index contributed by atoms with van der Waals surface area (Å²) in [4.78, 5) is 4.26. The van der Waals surface area contributed by atoms with E-state index in [4.69, 9.17) is 14.2 Å². The summed E-state index contributed by atoms with van der Waals surface area (Å²) in [5, 5.41) is 3.07. The van der Waals surface area contributed by atoms with Gasteiger partial charge in [0, 0.05) is 13.7 Å². The summed E-state index contributed by atoms with van der Waals surface area (Å²) in [6, 6.07) is 4.54. The first kappa shape index (κ1) is 11.3. The lowest BCUT2D eigenvalue weighted by Gasteiger charge is -2.36. The van der Waals surface area contributed by atoms with Gasteiger partial charge in [-0.3, -0.25) is 4.99 Å². The summed E-state index contributed by atoms with van der Waals surface area (Å²) < 4.78 is 30.3. The molecule has 0 fully saturated rings. The van der Waals surface area contributed by atoms with Crippen molar-refractivity contribution in [3.63, 3.8) is 0 Å². The fourth-order valence-corrected chi connectivity index (χ4v) is 2.04. The number of rotatable bonds is 2.